The summed E-state index contributed by atoms with van der Waals surface area (Å²) in [6.45, 7) is 2.94. The first-order valence-electron chi connectivity index (χ1n) is 9.70. The zero-order chi connectivity index (χ0) is 19.1. The lowest BCUT2D eigenvalue weighted by Crippen LogP contribution is -2.46. The summed E-state index contributed by atoms with van der Waals surface area (Å²) in [5.74, 6) is 1.14. The number of fused-ring (bicyclic) bond motifs is 5. The summed E-state index contributed by atoms with van der Waals surface area (Å²) in [6, 6.07) is 5.46. The Kier molecular flexibility index (Phi) is 6.80. The Morgan fingerprint density at radius 3 is 2.97 bits per heavy atom. The number of pyridine rings is 1. The summed E-state index contributed by atoms with van der Waals surface area (Å²) in [4.78, 5) is 34.1. The van der Waals surface area contributed by atoms with E-state index in [1.807, 2.05) is 33.5 Å². The lowest BCUT2D eigenvalue weighted by Gasteiger charge is -2.37. The molecular weight excluding hydrogens is 427 g/mol. The number of nitrogens with one attached hydrogen (secondary N) is 2. The molecule has 3 aromatic heterocycles. The summed E-state index contributed by atoms with van der Waals surface area (Å²) in [5.41, 5.74) is 1.93. The van der Waals surface area contributed by atoms with Gasteiger partial charge in [0.2, 0.25) is 5.78 Å². The molecular formula is C20H24Cl2N6O2. The SMILES string of the molecule is Cl.Cl.O=C(NCCc1cn2cccnc2n1)c1ccc2n(c1=O)C[C@@H]1CNC[C@H]2C1. The Balaban J connectivity index is 0.00000128. The van der Waals surface area contributed by atoms with E-state index in [2.05, 4.69) is 20.6 Å². The van der Waals surface area contributed by atoms with Crippen LogP contribution < -0.4 is 16.2 Å². The van der Waals surface area contributed by atoms with Crippen LogP contribution in [0.15, 0.2) is 41.6 Å². The van der Waals surface area contributed by atoms with Gasteiger partial charge in [0.1, 0.15) is 5.56 Å². The quantitative estimate of drug-likeness (QED) is 0.626. The molecule has 2 bridgehead atoms. The molecule has 1 saturated heterocycles. The second-order valence-corrected chi connectivity index (χ2v) is 7.61. The predicted octanol–water partition coefficient (Wildman–Crippen LogP) is 1.41. The van der Waals surface area contributed by atoms with Gasteiger partial charge in [-0.25, -0.2) is 9.97 Å². The molecule has 1 fully saturated rings. The van der Waals surface area contributed by atoms with Crippen LogP contribution in [0.3, 0.4) is 0 Å². The molecule has 0 unspecified atom stereocenters. The third kappa shape index (κ3) is 4.08. The maximum absolute atomic E-state index is 12.9. The average Bonchev–Trinajstić information content (AvgIpc) is 3.12. The second-order valence-electron chi connectivity index (χ2n) is 7.61. The molecule has 5 heterocycles. The van der Waals surface area contributed by atoms with Gasteiger partial charge in [0, 0.05) is 56.3 Å². The fourth-order valence-electron chi connectivity index (χ4n) is 4.36. The maximum Gasteiger partial charge on any atom is 0.263 e. The van der Waals surface area contributed by atoms with Crippen molar-refractivity contribution >= 4 is 36.5 Å². The van der Waals surface area contributed by atoms with Crippen LogP contribution >= 0.6 is 24.8 Å². The molecule has 0 spiro atoms. The van der Waals surface area contributed by atoms with E-state index in [1.54, 1.807) is 12.3 Å². The molecule has 0 saturated carbocycles. The smallest absolute Gasteiger partial charge is 0.263 e. The number of hydrogen-bond acceptors (Lipinski definition) is 5. The van der Waals surface area contributed by atoms with Gasteiger partial charge in [-0.15, -0.1) is 24.8 Å². The minimum Gasteiger partial charge on any atom is -0.351 e. The van der Waals surface area contributed by atoms with Crippen molar-refractivity contribution in [3.8, 4) is 0 Å². The third-order valence-corrected chi connectivity index (χ3v) is 5.71. The molecule has 10 heteroatoms. The fraction of sp³-hybridized carbons (Fsp3) is 0.400. The molecule has 30 heavy (non-hydrogen) atoms. The lowest BCUT2D eigenvalue weighted by atomic mass is 9.84. The van der Waals surface area contributed by atoms with Crippen molar-refractivity contribution in [3.63, 3.8) is 0 Å². The highest BCUT2D eigenvalue weighted by atomic mass is 35.5. The number of carbonyl (C=O) groups excluding carboxylic acids is 1. The minimum atomic E-state index is -0.323. The van der Waals surface area contributed by atoms with Crippen molar-refractivity contribution < 1.29 is 4.79 Å². The number of nitrogens with zero attached hydrogens (tertiary/aromatic N) is 4. The number of aromatic nitrogens is 4. The summed E-state index contributed by atoms with van der Waals surface area (Å²) >= 11 is 0. The van der Waals surface area contributed by atoms with E-state index in [9.17, 15) is 9.59 Å². The van der Waals surface area contributed by atoms with Crippen molar-refractivity contribution in [2.75, 3.05) is 19.6 Å². The summed E-state index contributed by atoms with van der Waals surface area (Å²) < 4.78 is 3.65. The van der Waals surface area contributed by atoms with Crippen molar-refractivity contribution in [2.45, 2.75) is 25.3 Å². The maximum atomic E-state index is 12.9. The summed E-state index contributed by atoms with van der Waals surface area (Å²) in [7, 11) is 0. The fourth-order valence-corrected chi connectivity index (χ4v) is 4.36. The van der Waals surface area contributed by atoms with Crippen LogP contribution in [-0.4, -0.2) is 44.5 Å². The Bertz CT molecular complexity index is 1080. The van der Waals surface area contributed by atoms with Crippen LogP contribution in [0.1, 0.15) is 34.1 Å². The predicted molar refractivity (Wildman–Crippen MR) is 118 cm³/mol. The molecule has 160 valence electrons. The summed E-state index contributed by atoms with van der Waals surface area (Å²) in [6.07, 6.45) is 7.18. The first-order valence-corrected chi connectivity index (χ1v) is 9.70. The van der Waals surface area contributed by atoms with Crippen LogP contribution in [0, 0.1) is 5.92 Å². The van der Waals surface area contributed by atoms with E-state index >= 15 is 0 Å². The molecule has 1 amide bonds. The number of halogens is 2. The minimum absolute atomic E-state index is 0. The number of amides is 1. The van der Waals surface area contributed by atoms with Crippen LogP contribution in [0.2, 0.25) is 0 Å². The van der Waals surface area contributed by atoms with Crippen molar-refractivity contribution in [1.29, 1.82) is 0 Å². The Hall–Kier alpha value is -2.42. The Morgan fingerprint density at radius 2 is 2.13 bits per heavy atom. The topological polar surface area (TPSA) is 93.3 Å². The van der Waals surface area contributed by atoms with Gasteiger partial charge in [0.15, 0.2) is 0 Å². The normalized spacial score (nSPS) is 19.3. The van der Waals surface area contributed by atoms with Gasteiger partial charge >= 0.3 is 0 Å². The highest BCUT2D eigenvalue weighted by Crippen LogP contribution is 2.31. The highest BCUT2D eigenvalue weighted by Gasteiger charge is 2.31. The van der Waals surface area contributed by atoms with E-state index in [-0.39, 0.29) is 41.8 Å². The van der Waals surface area contributed by atoms with Gasteiger partial charge in [-0.05, 0) is 37.1 Å². The average molecular weight is 451 g/mol. The second kappa shape index (κ2) is 9.16. The number of hydrogen-bond donors (Lipinski definition) is 2. The van der Waals surface area contributed by atoms with Crippen molar-refractivity contribution in [3.05, 3.63) is 64.1 Å². The molecule has 0 aliphatic carbocycles. The number of imidazole rings is 1. The van der Waals surface area contributed by atoms with Crippen LogP contribution in [-0.2, 0) is 13.0 Å². The van der Waals surface area contributed by atoms with Gasteiger partial charge in [0.05, 0.1) is 5.69 Å². The first-order chi connectivity index (χ1) is 13.7. The van der Waals surface area contributed by atoms with Crippen molar-refractivity contribution in [1.82, 2.24) is 29.6 Å². The molecule has 2 N–H and O–H groups in total. The number of piperidine rings is 1. The van der Waals surface area contributed by atoms with E-state index in [0.717, 1.165) is 30.9 Å². The third-order valence-electron chi connectivity index (χ3n) is 5.71. The zero-order valence-electron chi connectivity index (χ0n) is 16.3. The Morgan fingerprint density at radius 1 is 1.27 bits per heavy atom. The molecule has 0 radical (unpaired) electrons. The van der Waals surface area contributed by atoms with Gasteiger partial charge in [0.25, 0.3) is 11.5 Å². The molecule has 5 rings (SSSR count). The first kappa shape index (κ1) is 22.3. The van der Waals surface area contributed by atoms with Crippen LogP contribution in [0.5, 0.6) is 0 Å². The van der Waals surface area contributed by atoms with Gasteiger partial charge in [-0.2, -0.15) is 0 Å². The van der Waals surface area contributed by atoms with Gasteiger partial charge in [-0.3, -0.25) is 14.0 Å². The number of carbonyl (C=O) groups is 1. The molecule has 2 atom stereocenters. The highest BCUT2D eigenvalue weighted by molar-refractivity contribution is 5.93. The molecule has 8 nitrogen and oxygen atoms in total. The van der Waals surface area contributed by atoms with E-state index < -0.39 is 0 Å². The standard InChI is InChI=1S/C20H22N6O2.2ClH/c27-18(22-6-4-15-12-25-7-1-5-23-20(25)24-15)16-2-3-17-14-8-13(9-21-10-14)11-26(17)19(16)28;;/h1-3,5,7,12-14,21H,4,6,8-11H2,(H,22,27);2*1H/t13-,14+;;/m0../s1. The number of rotatable bonds is 4. The van der Waals surface area contributed by atoms with E-state index in [4.69, 9.17) is 0 Å². The monoisotopic (exact) mass is 450 g/mol. The molecule has 2 aliphatic heterocycles. The zero-order valence-corrected chi connectivity index (χ0v) is 17.9. The van der Waals surface area contributed by atoms with Gasteiger partial charge in [-0.1, -0.05) is 0 Å². The van der Waals surface area contributed by atoms with Crippen molar-refractivity contribution in [2.24, 2.45) is 5.92 Å². The lowest BCUT2D eigenvalue weighted by molar-refractivity contribution is 0.0951. The molecule has 0 aromatic carbocycles. The molecule has 3 aromatic rings. The van der Waals surface area contributed by atoms with E-state index in [1.165, 1.54) is 0 Å². The summed E-state index contributed by atoms with van der Waals surface area (Å²) in [5, 5.41) is 6.29. The van der Waals surface area contributed by atoms with Gasteiger partial charge < -0.3 is 15.2 Å². The Labute approximate surface area is 185 Å². The van der Waals surface area contributed by atoms with E-state index in [0.29, 0.717) is 37.1 Å². The largest absolute Gasteiger partial charge is 0.351 e. The van der Waals surface area contributed by atoms with Crippen LogP contribution in [0.4, 0.5) is 0 Å². The van der Waals surface area contributed by atoms with Crippen LogP contribution in [0.25, 0.3) is 5.78 Å². The molecule has 2 aliphatic rings.